The van der Waals surface area contributed by atoms with E-state index < -0.39 is 9.84 Å². The van der Waals surface area contributed by atoms with Crippen LogP contribution in [0.5, 0.6) is 0 Å². The number of rotatable bonds is 8. The highest BCUT2D eigenvalue weighted by atomic mass is 32.2. The molecule has 12 heteroatoms. The maximum atomic E-state index is 12.9. The van der Waals surface area contributed by atoms with Crippen LogP contribution in [0.1, 0.15) is 49.0 Å². The second kappa shape index (κ2) is 9.16. The molecule has 0 unspecified atom stereocenters. The summed E-state index contributed by atoms with van der Waals surface area (Å²) in [5, 5.41) is 14.4. The van der Waals surface area contributed by atoms with Gasteiger partial charge in [-0.25, -0.2) is 27.9 Å². The van der Waals surface area contributed by atoms with Gasteiger partial charge in [0.15, 0.2) is 11.3 Å². The number of amides is 1. The van der Waals surface area contributed by atoms with Crippen LogP contribution in [-0.2, 0) is 9.84 Å². The lowest BCUT2D eigenvalue weighted by Crippen LogP contribution is -2.29. The van der Waals surface area contributed by atoms with Crippen molar-refractivity contribution in [2.24, 2.45) is 5.92 Å². The normalized spacial score (nSPS) is 20.7. The number of nitrogens with zero attached hydrogens (tertiary/aromatic N) is 5. The van der Waals surface area contributed by atoms with Crippen molar-refractivity contribution in [2.45, 2.75) is 50.6 Å². The summed E-state index contributed by atoms with van der Waals surface area (Å²) < 4.78 is 24.8. The Labute approximate surface area is 197 Å². The third-order valence-electron chi connectivity index (χ3n) is 6.20. The van der Waals surface area contributed by atoms with Gasteiger partial charge in [-0.1, -0.05) is 0 Å². The topological polar surface area (TPSA) is 143 Å². The van der Waals surface area contributed by atoms with Gasteiger partial charge in [0.25, 0.3) is 5.91 Å². The highest BCUT2D eigenvalue weighted by Gasteiger charge is 2.27. The van der Waals surface area contributed by atoms with Crippen LogP contribution >= 0.6 is 0 Å². The van der Waals surface area contributed by atoms with Gasteiger partial charge in [-0.15, -0.1) is 5.10 Å². The molecule has 3 aromatic rings. The Balaban J connectivity index is 1.36. The second-order valence-electron chi connectivity index (χ2n) is 9.24. The molecule has 0 aromatic carbocycles. The van der Waals surface area contributed by atoms with Crippen LogP contribution in [0.4, 0.5) is 17.3 Å². The fourth-order valence-corrected chi connectivity index (χ4v) is 5.59. The summed E-state index contributed by atoms with van der Waals surface area (Å²) in [6, 6.07) is 4.15. The number of hydrogen-bond donors (Lipinski definition) is 3. The molecule has 11 nitrogen and oxygen atoms in total. The lowest BCUT2D eigenvalue weighted by molar-refractivity contribution is 0.102. The maximum absolute atomic E-state index is 12.9. The molecule has 3 N–H and O–H groups in total. The molecule has 2 saturated carbocycles. The number of fused-ring (bicyclic) bond motifs is 1. The van der Waals surface area contributed by atoms with E-state index in [9.17, 15) is 13.2 Å². The van der Waals surface area contributed by atoms with Gasteiger partial charge >= 0.3 is 0 Å². The van der Waals surface area contributed by atoms with E-state index in [1.165, 1.54) is 18.8 Å². The molecule has 0 bridgehead atoms. The van der Waals surface area contributed by atoms with Crippen LogP contribution in [-0.4, -0.2) is 63.0 Å². The third kappa shape index (κ3) is 5.44. The summed E-state index contributed by atoms with van der Waals surface area (Å²) in [4.78, 5) is 25.3. The molecule has 34 heavy (non-hydrogen) atoms. The molecule has 180 valence electrons. The molecule has 0 atom stereocenters. The van der Waals surface area contributed by atoms with Gasteiger partial charge in [0.05, 0.1) is 17.6 Å². The smallest absolute Gasteiger partial charge is 0.277 e. The van der Waals surface area contributed by atoms with Gasteiger partial charge in [0, 0.05) is 30.6 Å². The van der Waals surface area contributed by atoms with Crippen LogP contribution in [0.25, 0.3) is 5.65 Å². The van der Waals surface area contributed by atoms with Crippen LogP contribution < -0.4 is 16.0 Å². The number of imidazole rings is 1. The first-order chi connectivity index (χ1) is 16.3. The number of aromatic nitrogens is 5. The number of carbonyl (C=O) groups is 1. The summed E-state index contributed by atoms with van der Waals surface area (Å²) in [6.07, 6.45) is 11.4. The predicted octanol–water partition coefficient (Wildman–Crippen LogP) is 2.36. The molecular formula is C22H28N8O3S. The van der Waals surface area contributed by atoms with Crippen molar-refractivity contribution >= 4 is 38.7 Å². The van der Waals surface area contributed by atoms with Crippen molar-refractivity contribution in [1.29, 1.82) is 0 Å². The molecular weight excluding hydrogens is 456 g/mol. The number of anilines is 3. The summed E-state index contributed by atoms with van der Waals surface area (Å²) in [5.74, 6) is 1.14. The van der Waals surface area contributed by atoms with E-state index in [0.717, 1.165) is 44.2 Å². The highest BCUT2D eigenvalue weighted by molar-refractivity contribution is 7.90. The van der Waals surface area contributed by atoms with Gasteiger partial charge in [-0.05, 0) is 50.5 Å². The highest BCUT2D eigenvalue weighted by Crippen LogP contribution is 2.31. The summed E-state index contributed by atoms with van der Waals surface area (Å²) >= 11 is 0. The Kier molecular flexibility index (Phi) is 6.07. The van der Waals surface area contributed by atoms with E-state index in [2.05, 4.69) is 36.0 Å². The zero-order valence-corrected chi connectivity index (χ0v) is 19.8. The molecule has 5 rings (SSSR count). The lowest BCUT2D eigenvalue weighted by Gasteiger charge is -2.29. The molecule has 0 saturated heterocycles. The number of nitrogens with one attached hydrogen (secondary N) is 3. The van der Waals surface area contributed by atoms with Crippen molar-refractivity contribution in [1.82, 2.24) is 24.6 Å². The summed E-state index contributed by atoms with van der Waals surface area (Å²) in [6.45, 7) is 0. The van der Waals surface area contributed by atoms with Gasteiger partial charge in [0.2, 0.25) is 0 Å². The van der Waals surface area contributed by atoms with Crippen molar-refractivity contribution < 1.29 is 13.2 Å². The Morgan fingerprint density at radius 3 is 2.47 bits per heavy atom. The lowest BCUT2D eigenvalue weighted by atomic mass is 9.87. The van der Waals surface area contributed by atoms with Crippen LogP contribution in [0, 0.1) is 5.92 Å². The number of sulfone groups is 1. The molecule has 0 spiro atoms. The average molecular weight is 485 g/mol. The van der Waals surface area contributed by atoms with Gasteiger partial charge in [-0.2, -0.15) is 0 Å². The molecule has 3 aromatic heterocycles. The van der Waals surface area contributed by atoms with E-state index in [1.54, 1.807) is 16.8 Å². The van der Waals surface area contributed by atoms with Crippen LogP contribution in [0.3, 0.4) is 0 Å². The SMILES string of the molecule is CS(=O)(=O)CC1CCC(Nc2cc(NC3CC3)c3ncc(C(=O)Nc4ccncn4)n3n2)CC1. The van der Waals surface area contributed by atoms with E-state index in [4.69, 9.17) is 0 Å². The summed E-state index contributed by atoms with van der Waals surface area (Å²) in [7, 11) is -2.96. The van der Waals surface area contributed by atoms with E-state index in [1.807, 2.05) is 6.07 Å². The van der Waals surface area contributed by atoms with Crippen LogP contribution in [0.2, 0.25) is 0 Å². The second-order valence-corrected chi connectivity index (χ2v) is 11.4. The predicted molar refractivity (Wildman–Crippen MR) is 129 cm³/mol. The minimum Gasteiger partial charge on any atom is -0.379 e. The van der Waals surface area contributed by atoms with Crippen molar-refractivity contribution in [2.75, 3.05) is 28.0 Å². The Morgan fingerprint density at radius 2 is 1.79 bits per heavy atom. The van der Waals surface area contributed by atoms with Gasteiger partial charge in [0.1, 0.15) is 27.8 Å². The monoisotopic (exact) mass is 484 g/mol. The molecule has 2 aliphatic carbocycles. The quantitative estimate of drug-likeness (QED) is 0.439. The molecule has 3 heterocycles. The van der Waals surface area contributed by atoms with Crippen molar-refractivity contribution in [3.8, 4) is 0 Å². The molecule has 0 aliphatic heterocycles. The molecule has 1 amide bonds. The van der Waals surface area contributed by atoms with Gasteiger partial charge < -0.3 is 16.0 Å². The zero-order valence-electron chi connectivity index (χ0n) is 18.9. The largest absolute Gasteiger partial charge is 0.379 e. The molecule has 2 fully saturated rings. The Morgan fingerprint density at radius 1 is 1.06 bits per heavy atom. The average Bonchev–Trinajstić information content (AvgIpc) is 3.50. The van der Waals surface area contributed by atoms with Crippen molar-refractivity contribution in [3.05, 3.63) is 36.5 Å². The third-order valence-corrected chi connectivity index (χ3v) is 7.27. The maximum Gasteiger partial charge on any atom is 0.277 e. The van der Waals surface area contributed by atoms with Gasteiger partial charge in [-0.3, -0.25) is 4.79 Å². The van der Waals surface area contributed by atoms with Crippen molar-refractivity contribution in [3.63, 3.8) is 0 Å². The Bertz CT molecular complexity index is 1280. The van der Waals surface area contributed by atoms with E-state index in [-0.39, 0.29) is 23.6 Å². The summed E-state index contributed by atoms with van der Waals surface area (Å²) in [5.41, 5.74) is 1.71. The number of carbonyl (C=O) groups excluding carboxylic acids is 1. The minimum absolute atomic E-state index is 0.191. The fraction of sp³-hybridized carbons (Fsp3) is 0.500. The fourth-order valence-electron chi connectivity index (χ4n) is 4.40. The molecule has 0 radical (unpaired) electrons. The standard InChI is InChI=1S/C22H28N8O3S/c1-34(32,33)12-14-2-4-16(5-3-14)27-20-10-17(26-15-6-7-15)21-24-11-18(30(21)29-20)22(31)28-19-8-9-23-13-25-19/h8-11,13-16,26H,2-7,12H2,1H3,(H,27,29)(H,23,25,28,31). The number of hydrogen-bond acceptors (Lipinski definition) is 9. The molecule has 2 aliphatic rings. The first-order valence-electron chi connectivity index (χ1n) is 11.5. The first-order valence-corrected chi connectivity index (χ1v) is 13.6. The van der Waals surface area contributed by atoms with E-state index in [0.29, 0.717) is 29.0 Å². The minimum atomic E-state index is -2.96. The van der Waals surface area contributed by atoms with E-state index >= 15 is 0 Å². The Hall–Kier alpha value is -3.28. The van der Waals surface area contributed by atoms with Crippen LogP contribution in [0.15, 0.2) is 30.9 Å². The first kappa shape index (κ1) is 22.5. The zero-order chi connectivity index (χ0) is 23.7.